The largest absolute Gasteiger partial charge is 0.466 e. The van der Waals surface area contributed by atoms with Gasteiger partial charge in [-0.05, 0) is 61.3 Å². The van der Waals surface area contributed by atoms with Crippen molar-refractivity contribution >= 4 is 29.8 Å². The highest BCUT2D eigenvalue weighted by molar-refractivity contribution is 7.80. The molecule has 0 aliphatic rings. The summed E-state index contributed by atoms with van der Waals surface area (Å²) >= 11 is 0. The lowest BCUT2D eigenvalue weighted by Gasteiger charge is -2.23. The normalized spacial score (nSPS) is 11.9. The molecule has 0 amide bonds. The average molecular weight is 453 g/mol. The first-order valence-electron chi connectivity index (χ1n) is 11.4. The molecule has 0 bridgehead atoms. The lowest BCUT2D eigenvalue weighted by molar-refractivity contribution is -0.144. The fourth-order valence-corrected chi connectivity index (χ4v) is 6.60. The van der Waals surface area contributed by atoms with Crippen LogP contribution in [0.25, 0.3) is 11.1 Å². The van der Waals surface area contributed by atoms with Gasteiger partial charge in [-0.3, -0.25) is 4.79 Å². The standard InChI is InChI=1S/C30H29O2P/c1-4-32-30(31)23(3)24-12-11-13-25(21-24)28-19-18-22(2)20-29(28)33(26-14-7-5-8-15-26)27-16-9-6-10-17-27/h5-21,23H,4H2,1-3H3. The molecule has 4 rings (SSSR count). The number of carbonyl (C=O) groups excluding carboxylic acids is 1. The Bertz CT molecular complexity index is 1180. The molecule has 2 nitrogen and oxygen atoms in total. The summed E-state index contributed by atoms with van der Waals surface area (Å²) in [5, 5.41) is 3.96. The van der Waals surface area contributed by atoms with Crippen LogP contribution >= 0.6 is 7.92 Å². The molecule has 0 aromatic heterocycles. The minimum Gasteiger partial charge on any atom is -0.466 e. The van der Waals surface area contributed by atoms with E-state index in [1.165, 1.54) is 27.0 Å². The predicted molar refractivity (Wildman–Crippen MR) is 140 cm³/mol. The van der Waals surface area contributed by atoms with Crippen LogP contribution in [-0.4, -0.2) is 12.6 Å². The van der Waals surface area contributed by atoms with E-state index in [2.05, 4.69) is 97.9 Å². The molecule has 4 aromatic rings. The van der Waals surface area contributed by atoms with Gasteiger partial charge in [-0.15, -0.1) is 0 Å². The number of hydrogen-bond acceptors (Lipinski definition) is 2. The Morgan fingerprint density at radius 3 is 2.06 bits per heavy atom. The molecule has 33 heavy (non-hydrogen) atoms. The predicted octanol–water partition coefficient (Wildman–Crippen LogP) is 6.09. The first kappa shape index (κ1) is 23.0. The molecule has 0 aliphatic heterocycles. The van der Waals surface area contributed by atoms with Gasteiger partial charge in [0.25, 0.3) is 0 Å². The number of aryl methyl sites for hydroxylation is 1. The first-order valence-corrected chi connectivity index (χ1v) is 12.7. The van der Waals surface area contributed by atoms with Crippen molar-refractivity contribution in [2.75, 3.05) is 6.61 Å². The van der Waals surface area contributed by atoms with Crippen molar-refractivity contribution < 1.29 is 9.53 Å². The SMILES string of the molecule is CCOC(=O)C(C)c1cccc(-c2ccc(C)cc2P(c2ccccc2)c2ccccc2)c1. The van der Waals surface area contributed by atoms with E-state index < -0.39 is 7.92 Å². The molecule has 4 aromatic carbocycles. The molecule has 166 valence electrons. The third kappa shape index (κ3) is 5.24. The molecule has 0 saturated heterocycles. The molecule has 0 spiro atoms. The number of ether oxygens (including phenoxy) is 1. The second kappa shape index (κ2) is 10.6. The van der Waals surface area contributed by atoms with E-state index in [1.54, 1.807) is 0 Å². The Kier molecular flexibility index (Phi) is 7.37. The van der Waals surface area contributed by atoms with Crippen molar-refractivity contribution in [3.05, 3.63) is 114 Å². The topological polar surface area (TPSA) is 26.3 Å². The zero-order chi connectivity index (χ0) is 23.2. The molecular weight excluding hydrogens is 423 g/mol. The van der Waals surface area contributed by atoms with E-state index in [9.17, 15) is 4.79 Å². The molecule has 0 fully saturated rings. The monoisotopic (exact) mass is 452 g/mol. The summed E-state index contributed by atoms with van der Waals surface area (Å²) in [5.74, 6) is -0.488. The maximum Gasteiger partial charge on any atom is 0.313 e. The maximum absolute atomic E-state index is 12.4. The van der Waals surface area contributed by atoms with Crippen LogP contribution in [0.4, 0.5) is 0 Å². The highest BCUT2D eigenvalue weighted by Crippen LogP contribution is 2.38. The minimum absolute atomic E-state index is 0.186. The van der Waals surface area contributed by atoms with Gasteiger partial charge in [-0.1, -0.05) is 109 Å². The van der Waals surface area contributed by atoms with Gasteiger partial charge in [-0.25, -0.2) is 0 Å². The van der Waals surface area contributed by atoms with Crippen LogP contribution in [-0.2, 0) is 9.53 Å². The van der Waals surface area contributed by atoms with Crippen molar-refractivity contribution in [3.8, 4) is 11.1 Å². The quantitative estimate of drug-likeness (QED) is 0.251. The Morgan fingerprint density at radius 1 is 0.818 bits per heavy atom. The second-order valence-corrected chi connectivity index (χ2v) is 10.3. The fourth-order valence-electron chi connectivity index (χ4n) is 4.03. The summed E-state index contributed by atoms with van der Waals surface area (Å²) < 4.78 is 5.26. The Morgan fingerprint density at radius 2 is 1.45 bits per heavy atom. The van der Waals surface area contributed by atoms with E-state index in [1.807, 2.05) is 26.0 Å². The minimum atomic E-state index is -0.741. The molecule has 3 heteroatoms. The number of hydrogen-bond donors (Lipinski definition) is 0. The van der Waals surface area contributed by atoms with Crippen LogP contribution in [0.1, 0.15) is 30.9 Å². The number of esters is 1. The fraction of sp³-hybridized carbons (Fsp3) is 0.167. The van der Waals surface area contributed by atoms with Crippen molar-refractivity contribution in [1.82, 2.24) is 0 Å². The van der Waals surface area contributed by atoms with E-state index >= 15 is 0 Å². The zero-order valence-electron chi connectivity index (χ0n) is 19.4. The lowest BCUT2D eigenvalue weighted by atomic mass is 9.96. The summed E-state index contributed by atoms with van der Waals surface area (Å²) in [5.41, 5.74) is 4.54. The van der Waals surface area contributed by atoms with Crippen LogP contribution in [0, 0.1) is 6.92 Å². The number of benzene rings is 4. The zero-order valence-corrected chi connectivity index (χ0v) is 20.3. The smallest absolute Gasteiger partial charge is 0.313 e. The number of carbonyl (C=O) groups is 1. The van der Waals surface area contributed by atoms with Gasteiger partial charge in [0.2, 0.25) is 0 Å². The summed E-state index contributed by atoms with van der Waals surface area (Å²) in [6.45, 7) is 6.29. The van der Waals surface area contributed by atoms with Crippen LogP contribution in [0.15, 0.2) is 103 Å². The van der Waals surface area contributed by atoms with Gasteiger partial charge in [0, 0.05) is 0 Å². The second-order valence-electron chi connectivity index (χ2n) is 8.13. The van der Waals surface area contributed by atoms with Gasteiger partial charge < -0.3 is 4.74 Å². The molecule has 0 aliphatic carbocycles. The highest BCUT2D eigenvalue weighted by Gasteiger charge is 2.22. The third-order valence-corrected chi connectivity index (χ3v) is 8.24. The Labute approximate surface area is 198 Å². The lowest BCUT2D eigenvalue weighted by Crippen LogP contribution is -2.22. The molecule has 1 atom stereocenters. The first-order chi connectivity index (χ1) is 16.1. The van der Waals surface area contributed by atoms with Crippen LogP contribution < -0.4 is 15.9 Å². The van der Waals surface area contributed by atoms with E-state index in [-0.39, 0.29) is 11.9 Å². The molecule has 0 heterocycles. The number of rotatable bonds is 7. The molecule has 0 N–H and O–H groups in total. The summed E-state index contributed by atoms with van der Waals surface area (Å²) in [7, 11) is -0.741. The maximum atomic E-state index is 12.4. The third-order valence-electron chi connectivity index (χ3n) is 5.76. The van der Waals surface area contributed by atoms with Crippen molar-refractivity contribution in [3.63, 3.8) is 0 Å². The van der Waals surface area contributed by atoms with E-state index in [4.69, 9.17) is 4.74 Å². The van der Waals surface area contributed by atoms with Gasteiger partial charge in [0.15, 0.2) is 0 Å². The van der Waals surface area contributed by atoms with E-state index in [0.717, 1.165) is 11.1 Å². The Balaban J connectivity index is 1.86. The Hall–Kier alpha value is -3.22. The van der Waals surface area contributed by atoms with Crippen molar-refractivity contribution in [1.29, 1.82) is 0 Å². The van der Waals surface area contributed by atoms with Gasteiger partial charge >= 0.3 is 5.97 Å². The van der Waals surface area contributed by atoms with Crippen LogP contribution in [0.3, 0.4) is 0 Å². The summed E-state index contributed by atoms with van der Waals surface area (Å²) in [4.78, 5) is 12.4. The molecule has 1 unspecified atom stereocenters. The van der Waals surface area contributed by atoms with Crippen molar-refractivity contribution in [2.24, 2.45) is 0 Å². The molecular formula is C30H29O2P. The van der Waals surface area contributed by atoms with Crippen LogP contribution in [0.5, 0.6) is 0 Å². The highest BCUT2D eigenvalue weighted by atomic mass is 31.1. The van der Waals surface area contributed by atoms with Gasteiger partial charge in [0.1, 0.15) is 0 Å². The summed E-state index contributed by atoms with van der Waals surface area (Å²) in [6.07, 6.45) is 0. The van der Waals surface area contributed by atoms with Crippen LogP contribution in [0.2, 0.25) is 0 Å². The molecule has 0 saturated carbocycles. The van der Waals surface area contributed by atoms with Gasteiger partial charge in [-0.2, -0.15) is 0 Å². The molecule has 0 radical (unpaired) electrons. The van der Waals surface area contributed by atoms with Gasteiger partial charge in [0.05, 0.1) is 12.5 Å². The van der Waals surface area contributed by atoms with E-state index in [0.29, 0.717) is 6.61 Å². The summed E-state index contributed by atoms with van der Waals surface area (Å²) in [6, 6.07) is 36.5. The average Bonchev–Trinajstić information content (AvgIpc) is 2.85. The van der Waals surface area contributed by atoms with Crippen molar-refractivity contribution in [2.45, 2.75) is 26.7 Å².